The van der Waals surface area contributed by atoms with Crippen molar-refractivity contribution in [3.63, 3.8) is 0 Å². The third-order valence-corrected chi connectivity index (χ3v) is 3.48. The number of nitrogens with zero attached hydrogens (tertiary/aromatic N) is 3. The Kier molecular flexibility index (Phi) is 4.04. The molecule has 0 bridgehead atoms. The molecule has 0 radical (unpaired) electrons. The Morgan fingerprint density at radius 3 is 2.47 bits per heavy atom. The average molecular weight is 302 g/mol. The molecule has 1 saturated heterocycles. The number of aromatic nitrogens is 2. The summed E-state index contributed by atoms with van der Waals surface area (Å²) in [6, 6.07) is 1.68. The Morgan fingerprint density at radius 2 is 1.94 bits per heavy atom. The molecule has 1 aromatic rings. The van der Waals surface area contributed by atoms with Crippen molar-refractivity contribution in [3.8, 4) is 11.8 Å². The minimum Gasteiger partial charge on any atom is -0.481 e. The first-order valence-electron chi connectivity index (χ1n) is 5.59. The highest BCUT2D eigenvalue weighted by molar-refractivity contribution is 9.09. The van der Waals surface area contributed by atoms with Gasteiger partial charge in [-0.05, 0) is 12.8 Å². The van der Waals surface area contributed by atoms with E-state index in [1.165, 1.54) is 6.42 Å². The molecule has 1 aliphatic heterocycles. The number of hydrogen-bond donors (Lipinski definition) is 0. The summed E-state index contributed by atoms with van der Waals surface area (Å²) in [5.74, 6) is 1.73. The van der Waals surface area contributed by atoms with Crippen LogP contribution in [0.3, 0.4) is 0 Å². The van der Waals surface area contributed by atoms with Crippen molar-refractivity contribution in [2.75, 3.05) is 32.2 Å². The number of piperidine rings is 1. The first kappa shape index (κ1) is 12.4. The molecule has 2 rings (SSSR count). The average Bonchev–Trinajstić information content (AvgIpc) is 2.38. The van der Waals surface area contributed by atoms with Crippen LogP contribution in [-0.2, 0) is 0 Å². The molecule has 1 aliphatic rings. The van der Waals surface area contributed by atoms with Crippen LogP contribution in [0.2, 0.25) is 0 Å². The monoisotopic (exact) mass is 301 g/mol. The Labute approximate surface area is 109 Å². The first-order valence-corrected chi connectivity index (χ1v) is 6.50. The van der Waals surface area contributed by atoms with E-state index in [0.29, 0.717) is 22.5 Å². The summed E-state index contributed by atoms with van der Waals surface area (Å²) < 4.78 is 10.3. The third-order valence-electron chi connectivity index (χ3n) is 2.73. The third kappa shape index (κ3) is 3.00. The molecule has 1 aromatic heterocycles. The Hall–Kier alpha value is -1.04. The number of halogens is 1. The predicted molar refractivity (Wildman–Crippen MR) is 69.3 cm³/mol. The first-order chi connectivity index (χ1) is 8.22. The van der Waals surface area contributed by atoms with Gasteiger partial charge in [0.1, 0.15) is 0 Å². The van der Waals surface area contributed by atoms with Gasteiger partial charge in [0.2, 0.25) is 17.7 Å². The van der Waals surface area contributed by atoms with E-state index in [9.17, 15) is 0 Å². The van der Waals surface area contributed by atoms with E-state index in [0.717, 1.165) is 19.5 Å². The minimum absolute atomic E-state index is 0.497. The van der Waals surface area contributed by atoms with Gasteiger partial charge in [-0.3, -0.25) is 0 Å². The van der Waals surface area contributed by atoms with Crippen molar-refractivity contribution in [2.24, 2.45) is 0 Å². The fourth-order valence-electron chi connectivity index (χ4n) is 1.85. The lowest BCUT2D eigenvalue weighted by Gasteiger charge is -2.30. The van der Waals surface area contributed by atoms with Gasteiger partial charge in [-0.15, -0.1) is 0 Å². The SMILES string of the molecule is COc1cc(OC)nc(N2CCCC(Br)C2)n1. The largest absolute Gasteiger partial charge is 0.481 e. The van der Waals surface area contributed by atoms with Crippen molar-refractivity contribution in [3.05, 3.63) is 6.07 Å². The van der Waals surface area contributed by atoms with Crippen molar-refractivity contribution in [1.82, 2.24) is 9.97 Å². The number of anilines is 1. The van der Waals surface area contributed by atoms with Crippen LogP contribution in [0.4, 0.5) is 5.95 Å². The van der Waals surface area contributed by atoms with Crippen LogP contribution < -0.4 is 14.4 Å². The zero-order valence-corrected chi connectivity index (χ0v) is 11.6. The van der Waals surface area contributed by atoms with Crippen LogP contribution in [0.15, 0.2) is 6.07 Å². The number of alkyl halides is 1. The molecule has 0 saturated carbocycles. The molecule has 1 atom stereocenters. The zero-order chi connectivity index (χ0) is 12.3. The van der Waals surface area contributed by atoms with Gasteiger partial charge in [-0.2, -0.15) is 9.97 Å². The second kappa shape index (κ2) is 5.53. The molecule has 2 heterocycles. The second-order valence-electron chi connectivity index (χ2n) is 3.94. The van der Waals surface area contributed by atoms with Crippen molar-refractivity contribution < 1.29 is 9.47 Å². The van der Waals surface area contributed by atoms with E-state index in [1.807, 2.05) is 0 Å². The van der Waals surface area contributed by atoms with Gasteiger partial charge in [0.25, 0.3) is 0 Å². The van der Waals surface area contributed by atoms with E-state index in [4.69, 9.17) is 9.47 Å². The van der Waals surface area contributed by atoms with Gasteiger partial charge in [-0.25, -0.2) is 0 Å². The highest BCUT2D eigenvalue weighted by Crippen LogP contribution is 2.24. The van der Waals surface area contributed by atoms with E-state index in [2.05, 4.69) is 30.8 Å². The van der Waals surface area contributed by atoms with Crippen LogP contribution in [0.5, 0.6) is 11.8 Å². The van der Waals surface area contributed by atoms with E-state index in [-0.39, 0.29) is 0 Å². The number of ether oxygens (including phenoxy) is 2. The van der Waals surface area contributed by atoms with Gasteiger partial charge in [0, 0.05) is 17.9 Å². The molecule has 94 valence electrons. The molecule has 0 spiro atoms. The summed E-state index contributed by atoms with van der Waals surface area (Å²) in [6.45, 7) is 1.88. The lowest BCUT2D eigenvalue weighted by molar-refractivity contribution is 0.371. The maximum Gasteiger partial charge on any atom is 0.232 e. The molecule has 1 unspecified atom stereocenters. The van der Waals surface area contributed by atoms with E-state index < -0.39 is 0 Å². The van der Waals surface area contributed by atoms with Crippen molar-refractivity contribution in [2.45, 2.75) is 17.7 Å². The molecule has 6 heteroatoms. The summed E-state index contributed by atoms with van der Waals surface area (Å²) in [5.41, 5.74) is 0. The van der Waals surface area contributed by atoms with E-state index in [1.54, 1.807) is 20.3 Å². The lowest BCUT2D eigenvalue weighted by Crippen LogP contribution is -2.36. The molecular weight excluding hydrogens is 286 g/mol. The van der Waals surface area contributed by atoms with Gasteiger partial charge >= 0.3 is 0 Å². The highest BCUT2D eigenvalue weighted by Gasteiger charge is 2.20. The molecule has 5 nitrogen and oxygen atoms in total. The normalized spacial score (nSPS) is 20.2. The summed E-state index contributed by atoms with van der Waals surface area (Å²) in [4.78, 5) is 11.3. The molecule has 1 fully saturated rings. The molecule has 0 aromatic carbocycles. The summed E-state index contributed by atoms with van der Waals surface area (Å²) >= 11 is 3.64. The van der Waals surface area contributed by atoms with Gasteiger partial charge in [0.15, 0.2) is 0 Å². The molecular formula is C11H16BrN3O2. The molecule has 0 aliphatic carbocycles. The smallest absolute Gasteiger partial charge is 0.232 e. The van der Waals surface area contributed by atoms with Gasteiger partial charge < -0.3 is 14.4 Å². The molecule has 0 N–H and O–H groups in total. The van der Waals surface area contributed by atoms with Crippen LogP contribution in [-0.4, -0.2) is 42.1 Å². The van der Waals surface area contributed by atoms with Gasteiger partial charge in [-0.1, -0.05) is 15.9 Å². The minimum atomic E-state index is 0.497. The Bertz CT molecular complexity index is 367. The van der Waals surface area contributed by atoms with Crippen molar-refractivity contribution >= 4 is 21.9 Å². The maximum absolute atomic E-state index is 5.15. The lowest BCUT2D eigenvalue weighted by atomic mass is 10.1. The maximum atomic E-state index is 5.15. The zero-order valence-electron chi connectivity index (χ0n) is 10.0. The second-order valence-corrected chi connectivity index (χ2v) is 5.23. The summed E-state index contributed by atoms with van der Waals surface area (Å²) in [7, 11) is 3.18. The van der Waals surface area contributed by atoms with E-state index >= 15 is 0 Å². The molecule has 0 amide bonds. The number of rotatable bonds is 3. The van der Waals surface area contributed by atoms with Crippen LogP contribution >= 0.6 is 15.9 Å². The Morgan fingerprint density at radius 1 is 1.29 bits per heavy atom. The Balaban J connectivity index is 2.23. The quantitative estimate of drug-likeness (QED) is 0.798. The van der Waals surface area contributed by atoms with Crippen LogP contribution in [0, 0.1) is 0 Å². The van der Waals surface area contributed by atoms with Crippen LogP contribution in [0.1, 0.15) is 12.8 Å². The highest BCUT2D eigenvalue weighted by atomic mass is 79.9. The number of hydrogen-bond acceptors (Lipinski definition) is 5. The van der Waals surface area contributed by atoms with Crippen LogP contribution in [0.25, 0.3) is 0 Å². The standard InChI is InChI=1S/C11H16BrN3O2/c1-16-9-6-10(17-2)14-11(13-9)15-5-3-4-8(12)7-15/h6,8H,3-5,7H2,1-2H3. The predicted octanol–water partition coefficient (Wildman–Crippen LogP) is 1.86. The molecule has 17 heavy (non-hydrogen) atoms. The summed E-state index contributed by atoms with van der Waals surface area (Å²) in [5, 5.41) is 0. The summed E-state index contributed by atoms with van der Waals surface area (Å²) in [6.07, 6.45) is 2.33. The number of methoxy groups -OCH3 is 2. The fourth-order valence-corrected chi connectivity index (χ4v) is 2.52. The fraction of sp³-hybridized carbons (Fsp3) is 0.636. The van der Waals surface area contributed by atoms with Gasteiger partial charge in [0.05, 0.1) is 20.3 Å². The van der Waals surface area contributed by atoms with Crippen molar-refractivity contribution in [1.29, 1.82) is 0 Å². The topological polar surface area (TPSA) is 47.5 Å².